The molecule has 16 heavy (non-hydrogen) atoms. The molecule has 0 spiro atoms. The number of thioether (sulfide) groups is 1. The zero-order valence-corrected chi connectivity index (χ0v) is 10.5. The lowest BCUT2D eigenvalue weighted by molar-refractivity contribution is 0.0978. The Kier molecular flexibility index (Phi) is 3.74. The molecular weight excluding hydrogens is 267 g/mol. The summed E-state index contributed by atoms with van der Waals surface area (Å²) in [5, 5.41) is 4.20. The fourth-order valence-electron chi connectivity index (χ4n) is 1.25. The number of aliphatic imine (C=N–C) groups is 1. The molecule has 0 aromatic heterocycles. The van der Waals surface area contributed by atoms with E-state index in [1.165, 1.54) is 11.8 Å². The fourth-order valence-corrected chi connectivity index (χ4v) is 2.47. The lowest BCUT2D eigenvalue weighted by atomic mass is 10.2. The molecule has 3 nitrogen and oxygen atoms in total. The van der Waals surface area contributed by atoms with E-state index in [0.717, 1.165) is 12.3 Å². The lowest BCUT2D eigenvalue weighted by Crippen LogP contribution is -2.27. The second kappa shape index (κ2) is 5.08. The van der Waals surface area contributed by atoms with Gasteiger partial charge >= 0.3 is 0 Å². The number of rotatable bonds is 1. The molecule has 1 amide bonds. The summed E-state index contributed by atoms with van der Waals surface area (Å²) in [5.74, 6) is 0.652. The maximum atomic E-state index is 11.8. The second-order valence-corrected chi connectivity index (χ2v) is 5.04. The Bertz CT molecular complexity index is 462. The summed E-state index contributed by atoms with van der Waals surface area (Å²) in [7, 11) is 0. The van der Waals surface area contributed by atoms with Gasteiger partial charge in [0.25, 0.3) is 5.91 Å². The standard InChI is InChI=1S/C10H8Cl2N2OS/c11-6-1-2-7(8(12)5-6)9(15)14-10-13-3-4-16-10/h1-2,5H,3-4H2,(H,13,14,15). The van der Waals surface area contributed by atoms with Gasteiger partial charge in [0, 0.05) is 10.8 Å². The third-order valence-electron chi connectivity index (χ3n) is 1.98. The Balaban J connectivity index is 2.14. The molecule has 0 fully saturated rings. The highest BCUT2D eigenvalue weighted by molar-refractivity contribution is 8.14. The molecule has 0 atom stereocenters. The first-order valence-corrected chi connectivity index (χ1v) is 6.34. The highest BCUT2D eigenvalue weighted by atomic mass is 35.5. The van der Waals surface area contributed by atoms with Crippen molar-refractivity contribution in [1.29, 1.82) is 0 Å². The minimum atomic E-state index is -0.255. The zero-order valence-electron chi connectivity index (χ0n) is 8.17. The van der Waals surface area contributed by atoms with Gasteiger partial charge in [-0.1, -0.05) is 35.0 Å². The monoisotopic (exact) mass is 274 g/mol. The minimum Gasteiger partial charge on any atom is -0.301 e. The van der Waals surface area contributed by atoms with Crippen LogP contribution < -0.4 is 5.32 Å². The molecule has 1 N–H and O–H groups in total. The van der Waals surface area contributed by atoms with E-state index in [1.807, 2.05) is 0 Å². The Morgan fingerprint density at radius 1 is 1.44 bits per heavy atom. The smallest absolute Gasteiger partial charge is 0.258 e. The van der Waals surface area contributed by atoms with E-state index in [9.17, 15) is 4.79 Å². The Morgan fingerprint density at radius 3 is 2.88 bits per heavy atom. The molecule has 0 unspecified atom stereocenters. The average Bonchev–Trinajstić information content (AvgIpc) is 2.70. The highest BCUT2D eigenvalue weighted by Gasteiger charge is 2.15. The second-order valence-electron chi connectivity index (χ2n) is 3.11. The largest absolute Gasteiger partial charge is 0.301 e. The molecule has 0 bridgehead atoms. The van der Waals surface area contributed by atoms with E-state index in [0.29, 0.717) is 20.8 Å². The molecule has 84 valence electrons. The summed E-state index contributed by atoms with van der Waals surface area (Å²) in [5.41, 5.74) is 0.404. The van der Waals surface area contributed by atoms with Crippen LogP contribution in [-0.4, -0.2) is 23.4 Å². The number of hydrogen-bond acceptors (Lipinski definition) is 3. The van der Waals surface area contributed by atoms with E-state index < -0.39 is 0 Å². The van der Waals surface area contributed by atoms with Crippen LogP contribution >= 0.6 is 35.0 Å². The summed E-state index contributed by atoms with van der Waals surface area (Å²) in [4.78, 5) is 15.9. The zero-order chi connectivity index (χ0) is 11.5. The van der Waals surface area contributed by atoms with Crippen molar-refractivity contribution in [2.24, 2.45) is 4.99 Å². The van der Waals surface area contributed by atoms with Gasteiger partial charge in [0.05, 0.1) is 17.1 Å². The number of nitrogens with zero attached hydrogens (tertiary/aromatic N) is 1. The van der Waals surface area contributed by atoms with Crippen molar-refractivity contribution in [2.75, 3.05) is 12.3 Å². The van der Waals surface area contributed by atoms with E-state index in [1.54, 1.807) is 18.2 Å². The summed E-state index contributed by atoms with van der Waals surface area (Å²) in [6.07, 6.45) is 0. The van der Waals surface area contributed by atoms with Gasteiger partial charge in [-0.05, 0) is 18.2 Å². The van der Waals surface area contributed by atoms with Crippen molar-refractivity contribution in [2.45, 2.75) is 0 Å². The van der Waals surface area contributed by atoms with Crippen molar-refractivity contribution < 1.29 is 4.79 Å². The van der Waals surface area contributed by atoms with Crippen molar-refractivity contribution in [3.63, 3.8) is 0 Å². The highest BCUT2D eigenvalue weighted by Crippen LogP contribution is 2.21. The maximum absolute atomic E-state index is 11.8. The number of carbonyl (C=O) groups is 1. The fraction of sp³-hybridized carbons (Fsp3) is 0.200. The minimum absolute atomic E-state index is 0.255. The summed E-state index contributed by atoms with van der Waals surface area (Å²) in [6, 6.07) is 4.77. The van der Waals surface area contributed by atoms with Crippen LogP contribution in [0.5, 0.6) is 0 Å². The van der Waals surface area contributed by atoms with Crippen molar-refractivity contribution in [3.8, 4) is 0 Å². The number of benzene rings is 1. The molecule has 1 heterocycles. The Hall–Kier alpha value is -0.710. The van der Waals surface area contributed by atoms with Gasteiger partial charge in [0.1, 0.15) is 0 Å². The number of amidine groups is 1. The average molecular weight is 275 g/mol. The van der Waals surface area contributed by atoms with Gasteiger partial charge in [0.2, 0.25) is 0 Å². The number of hydrogen-bond donors (Lipinski definition) is 1. The van der Waals surface area contributed by atoms with Gasteiger partial charge in [-0.2, -0.15) is 0 Å². The lowest BCUT2D eigenvalue weighted by Gasteiger charge is -2.05. The third kappa shape index (κ3) is 2.70. The van der Waals surface area contributed by atoms with Gasteiger partial charge in [0.15, 0.2) is 5.17 Å². The number of amides is 1. The molecule has 0 saturated heterocycles. The summed E-state index contributed by atoms with van der Waals surface area (Å²) >= 11 is 13.2. The first kappa shape index (κ1) is 11.8. The molecule has 1 aliphatic heterocycles. The predicted octanol–water partition coefficient (Wildman–Crippen LogP) is 2.83. The molecule has 0 radical (unpaired) electrons. The van der Waals surface area contributed by atoms with Crippen molar-refractivity contribution in [3.05, 3.63) is 33.8 Å². The summed E-state index contributed by atoms with van der Waals surface area (Å²) in [6.45, 7) is 0.745. The maximum Gasteiger partial charge on any atom is 0.258 e. The first-order valence-electron chi connectivity index (χ1n) is 4.60. The Morgan fingerprint density at radius 2 is 2.25 bits per heavy atom. The van der Waals surface area contributed by atoms with Crippen molar-refractivity contribution >= 4 is 46.0 Å². The molecule has 2 rings (SSSR count). The van der Waals surface area contributed by atoms with E-state index in [-0.39, 0.29) is 5.91 Å². The molecule has 1 aromatic carbocycles. The van der Waals surface area contributed by atoms with Gasteiger partial charge < -0.3 is 5.32 Å². The van der Waals surface area contributed by atoms with Crippen LogP contribution in [0.2, 0.25) is 10.0 Å². The summed E-state index contributed by atoms with van der Waals surface area (Å²) < 4.78 is 0. The Labute approximate surface area is 107 Å². The number of carbonyl (C=O) groups excluding carboxylic acids is 1. The molecular formula is C10H8Cl2N2OS. The molecule has 6 heteroatoms. The normalized spacial score (nSPS) is 14.8. The molecule has 1 aliphatic rings. The SMILES string of the molecule is O=C(NC1=NCCS1)c1ccc(Cl)cc1Cl. The number of nitrogens with one attached hydrogen (secondary N) is 1. The van der Waals surface area contributed by atoms with Crippen LogP contribution in [-0.2, 0) is 0 Å². The van der Waals surface area contributed by atoms with Gasteiger partial charge in [-0.25, -0.2) is 0 Å². The molecule has 1 aromatic rings. The van der Waals surface area contributed by atoms with E-state index in [2.05, 4.69) is 10.3 Å². The number of halogens is 2. The molecule has 0 saturated carbocycles. The van der Waals surface area contributed by atoms with Crippen LogP contribution in [0.15, 0.2) is 23.2 Å². The van der Waals surface area contributed by atoms with E-state index >= 15 is 0 Å². The quantitative estimate of drug-likeness (QED) is 0.856. The first-order chi connectivity index (χ1) is 7.66. The van der Waals surface area contributed by atoms with Gasteiger partial charge in [-0.15, -0.1) is 0 Å². The third-order valence-corrected chi connectivity index (χ3v) is 3.42. The van der Waals surface area contributed by atoms with Crippen molar-refractivity contribution in [1.82, 2.24) is 5.32 Å². The van der Waals surface area contributed by atoms with Crippen LogP contribution in [0.25, 0.3) is 0 Å². The van der Waals surface area contributed by atoms with Crippen LogP contribution in [0.3, 0.4) is 0 Å². The van der Waals surface area contributed by atoms with Gasteiger partial charge in [-0.3, -0.25) is 9.79 Å². The van der Waals surface area contributed by atoms with Crippen LogP contribution in [0.4, 0.5) is 0 Å². The van der Waals surface area contributed by atoms with Crippen LogP contribution in [0, 0.1) is 0 Å². The van der Waals surface area contributed by atoms with E-state index in [4.69, 9.17) is 23.2 Å². The van der Waals surface area contributed by atoms with Crippen LogP contribution in [0.1, 0.15) is 10.4 Å². The molecule has 0 aliphatic carbocycles. The topological polar surface area (TPSA) is 41.5 Å². The predicted molar refractivity (Wildman–Crippen MR) is 68.7 cm³/mol.